The van der Waals surface area contributed by atoms with Crippen LogP contribution in [0.1, 0.15) is 30.7 Å². The van der Waals surface area contributed by atoms with E-state index in [1.807, 2.05) is 6.07 Å². The number of benzene rings is 1. The first kappa shape index (κ1) is 12.5. The Morgan fingerprint density at radius 3 is 2.95 bits per heavy atom. The highest BCUT2D eigenvalue weighted by Gasteiger charge is 2.31. The summed E-state index contributed by atoms with van der Waals surface area (Å²) in [4.78, 5) is 6.70. The highest BCUT2D eigenvalue weighted by Crippen LogP contribution is 2.37. The Morgan fingerprint density at radius 1 is 1.37 bits per heavy atom. The van der Waals surface area contributed by atoms with Gasteiger partial charge in [0.1, 0.15) is 5.82 Å². The van der Waals surface area contributed by atoms with Gasteiger partial charge in [-0.25, -0.2) is 4.39 Å². The molecule has 0 radical (unpaired) electrons. The lowest BCUT2D eigenvalue weighted by atomic mass is 9.76. The minimum atomic E-state index is -0.134. The summed E-state index contributed by atoms with van der Waals surface area (Å²) >= 11 is 0. The Morgan fingerprint density at radius 2 is 2.21 bits per heavy atom. The van der Waals surface area contributed by atoms with Crippen molar-refractivity contribution in [3.63, 3.8) is 0 Å². The van der Waals surface area contributed by atoms with Crippen molar-refractivity contribution in [2.24, 2.45) is 4.99 Å². The number of nitrogens with one attached hydrogen (secondary N) is 1. The van der Waals surface area contributed by atoms with Crippen LogP contribution >= 0.6 is 0 Å². The van der Waals surface area contributed by atoms with E-state index in [4.69, 9.17) is 0 Å². The lowest BCUT2D eigenvalue weighted by Crippen LogP contribution is -2.50. The SMILES string of the molecule is CN1CCCN=C1NC1CC(c2cccc(F)c2)C1. The Labute approximate surface area is 113 Å². The smallest absolute Gasteiger partial charge is 0.193 e. The van der Waals surface area contributed by atoms with Crippen molar-refractivity contribution in [3.8, 4) is 0 Å². The van der Waals surface area contributed by atoms with Crippen LogP contribution in [0.15, 0.2) is 29.3 Å². The molecule has 3 nitrogen and oxygen atoms in total. The van der Waals surface area contributed by atoms with Gasteiger partial charge >= 0.3 is 0 Å². The molecule has 1 aliphatic heterocycles. The van der Waals surface area contributed by atoms with Gasteiger partial charge in [-0.3, -0.25) is 4.99 Å². The van der Waals surface area contributed by atoms with Crippen molar-refractivity contribution in [1.82, 2.24) is 10.2 Å². The van der Waals surface area contributed by atoms with Gasteiger partial charge in [0.2, 0.25) is 0 Å². The second-order valence-corrected chi connectivity index (χ2v) is 5.55. The molecule has 4 heteroatoms. The second kappa shape index (κ2) is 5.19. The number of hydrogen-bond donors (Lipinski definition) is 1. The molecule has 3 rings (SSSR count). The van der Waals surface area contributed by atoms with Crippen LogP contribution in [0.4, 0.5) is 4.39 Å². The molecule has 0 bridgehead atoms. The molecule has 0 saturated heterocycles. The summed E-state index contributed by atoms with van der Waals surface area (Å²) in [5.41, 5.74) is 1.12. The Kier molecular flexibility index (Phi) is 3.40. The molecule has 0 atom stereocenters. The van der Waals surface area contributed by atoms with Crippen LogP contribution < -0.4 is 5.32 Å². The molecule has 19 heavy (non-hydrogen) atoms. The van der Waals surface area contributed by atoms with E-state index in [0.717, 1.165) is 43.9 Å². The zero-order valence-electron chi connectivity index (χ0n) is 11.3. The third-order valence-electron chi connectivity index (χ3n) is 4.07. The van der Waals surface area contributed by atoms with Gasteiger partial charge in [0.05, 0.1) is 0 Å². The average molecular weight is 261 g/mol. The molecule has 0 amide bonds. The van der Waals surface area contributed by atoms with Crippen molar-refractivity contribution in [2.75, 3.05) is 20.1 Å². The summed E-state index contributed by atoms with van der Waals surface area (Å²) in [7, 11) is 2.08. The number of aliphatic imine (C=N–C) groups is 1. The molecule has 1 aromatic carbocycles. The minimum absolute atomic E-state index is 0.134. The van der Waals surface area contributed by atoms with Crippen molar-refractivity contribution < 1.29 is 4.39 Å². The highest BCUT2D eigenvalue weighted by atomic mass is 19.1. The van der Waals surface area contributed by atoms with E-state index in [2.05, 4.69) is 22.3 Å². The summed E-state index contributed by atoms with van der Waals surface area (Å²) in [5, 5.41) is 3.50. The first-order valence-corrected chi connectivity index (χ1v) is 7.00. The van der Waals surface area contributed by atoms with Gasteiger partial charge in [0.15, 0.2) is 5.96 Å². The minimum Gasteiger partial charge on any atom is -0.353 e. The maximum absolute atomic E-state index is 13.2. The Hall–Kier alpha value is -1.58. The van der Waals surface area contributed by atoms with E-state index in [1.54, 1.807) is 12.1 Å². The number of halogens is 1. The number of rotatable bonds is 2. The summed E-state index contributed by atoms with van der Waals surface area (Å²) < 4.78 is 13.2. The summed E-state index contributed by atoms with van der Waals surface area (Å²) in [6.45, 7) is 2.00. The highest BCUT2D eigenvalue weighted by molar-refractivity contribution is 5.80. The van der Waals surface area contributed by atoms with Crippen LogP contribution in [-0.2, 0) is 0 Å². The third-order valence-corrected chi connectivity index (χ3v) is 4.07. The molecule has 0 spiro atoms. The molecule has 0 unspecified atom stereocenters. The predicted octanol–water partition coefficient (Wildman–Crippen LogP) is 2.35. The van der Waals surface area contributed by atoms with Crippen molar-refractivity contribution >= 4 is 5.96 Å². The maximum Gasteiger partial charge on any atom is 0.193 e. The molecule has 2 aliphatic rings. The van der Waals surface area contributed by atoms with Gasteiger partial charge < -0.3 is 10.2 Å². The predicted molar refractivity (Wildman–Crippen MR) is 74.8 cm³/mol. The zero-order valence-corrected chi connectivity index (χ0v) is 11.3. The van der Waals surface area contributed by atoms with Gasteiger partial charge in [-0.2, -0.15) is 0 Å². The van der Waals surface area contributed by atoms with Gasteiger partial charge in [0.25, 0.3) is 0 Å². The zero-order chi connectivity index (χ0) is 13.2. The lowest BCUT2D eigenvalue weighted by molar-refractivity contribution is 0.307. The van der Waals surface area contributed by atoms with E-state index < -0.39 is 0 Å². The standard InChI is InChI=1S/C15H20FN3/c1-19-7-3-6-17-15(19)18-14-9-12(10-14)11-4-2-5-13(16)8-11/h2,4-5,8,12,14H,3,6-7,9-10H2,1H3,(H,17,18). The van der Waals surface area contributed by atoms with Crippen molar-refractivity contribution in [3.05, 3.63) is 35.6 Å². The Balaban J connectivity index is 1.54. The number of guanidine groups is 1. The lowest BCUT2D eigenvalue weighted by Gasteiger charge is -2.39. The first-order valence-electron chi connectivity index (χ1n) is 7.00. The second-order valence-electron chi connectivity index (χ2n) is 5.55. The fraction of sp³-hybridized carbons (Fsp3) is 0.533. The van der Waals surface area contributed by atoms with Crippen molar-refractivity contribution in [2.45, 2.75) is 31.2 Å². The van der Waals surface area contributed by atoms with Gasteiger partial charge in [-0.15, -0.1) is 0 Å². The summed E-state index contributed by atoms with van der Waals surface area (Å²) in [6.07, 6.45) is 3.27. The number of hydrogen-bond acceptors (Lipinski definition) is 3. The van der Waals surface area contributed by atoms with Crippen LogP contribution in [-0.4, -0.2) is 37.0 Å². The van der Waals surface area contributed by atoms with Crippen LogP contribution in [0.2, 0.25) is 0 Å². The average Bonchev–Trinajstić information content (AvgIpc) is 2.35. The molecule has 1 aliphatic carbocycles. The molecular weight excluding hydrogens is 241 g/mol. The van der Waals surface area contributed by atoms with Crippen LogP contribution in [0.25, 0.3) is 0 Å². The van der Waals surface area contributed by atoms with Gasteiger partial charge in [-0.05, 0) is 42.9 Å². The monoisotopic (exact) mass is 261 g/mol. The van der Waals surface area contributed by atoms with E-state index in [-0.39, 0.29) is 5.82 Å². The van der Waals surface area contributed by atoms with Crippen LogP contribution in [0.3, 0.4) is 0 Å². The number of nitrogens with zero attached hydrogens (tertiary/aromatic N) is 2. The quantitative estimate of drug-likeness (QED) is 0.885. The molecule has 1 saturated carbocycles. The van der Waals surface area contributed by atoms with E-state index >= 15 is 0 Å². The molecule has 1 fully saturated rings. The molecule has 1 N–H and O–H groups in total. The summed E-state index contributed by atoms with van der Waals surface area (Å²) in [6, 6.07) is 7.46. The fourth-order valence-electron chi connectivity index (χ4n) is 2.83. The van der Waals surface area contributed by atoms with E-state index in [0.29, 0.717) is 12.0 Å². The maximum atomic E-state index is 13.2. The molecular formula is C15H20FN3. The fourth-order valence-corrected chi connectivity index (χ4v) is 2.83. The first-order chi connectivity index (χ1) is 9.22. The molecule has 1 heterocycles. The van der Waals surface area contributed by atoms with Crippen LogP contribution in [0, 0.1) is 5.82 Å². The molecule has 102 valence electrons. The Bertz CT molecular complexity index is 480. The largest absolute Gasteiger partial charge is 0.353 e. The van der Waals surface area contributed by atoms with E-state index in [1.165, 1.54) is 6.07 Å². The molecule has 0 aromatic heterocycles. The molecule has 1 aromatic rings. The summed E-state index contributed by atoms with van der Waals surface area (Å²) in [5.74, 6) is 1.38. The topological polar surface area (TPSA) is 27.6 Å². The normalized spacial score (nSPS) is 26.6. The van der Waals surface area contributed by atoms with Gasteiger partial charge in [0, 0.05) is 26.2 Å². The van der Waals surface area contributed by atoms with Crippen LogP contribution in [0.5, 0.6) is 0 Å². The van der Waals surface area contributed by atoms with Gasteiger partial charge in [-0.1, -0.05) is 12.1 Å². The third kappa shape index (κ3) is 2.72. The van der Waals surface area contributed by atoms with E-state index in [9.17, 15) is 4.39 Å². The van der Waals surface area contributed by atoms with Crippen molar-refractivity contribution in [1.29, 1.82) is 0 Å².